The number of methoxy groups -OCH3 is 1. The number of benzene rings is 3. The molecule has 0 fully saturated rings. The Labute approximate surface area is 192 Å². The molecule has 1 N–H and O–H groups in total. The number of nitrogens with one attached hydrogen (secondary N) is 1. The van der Waals surface area contributed by atoms with Gasteiger partial charge in [-0.05, 0) is 35.4 Å². The summed E-state index contributed by atoms with van der Waals surface area (Å²) in [5, 5.41) is 14.9. The molecule has 0 aliphatic heterocycles. The Morgan fingerprint density at radius 2 is 1.73 bits per heavy atom. The minimum absolute atomic E-state index is 0.146. The molecule has 0 bridgehead atoms. The summed E-state index contributed by atoms with van der Waals surface area (Å²) in [7, 11) is 1.36. The Balaban J connectivity index is 1.54. The molecule has 170 valence electrons. The first-order valence-electron chi connectivity index (χ1n) is 10.2. The molecule has 0 saturated carbocycles. The molecule has 0 heterocycles. The third-order valence-corrected chi connectivity index (χ3v) is 5.24. The first-order chi connectivity index (χ1) is 15.8. The highest BCUT2D eigenvalue weighted by atomic mass is 16.6. The van der Waals surface area contributed by atoms with Gasteiger partial charge in [0.1, 0.15) is 5.75 Å². The Morgan fingerprint density at radius 1 is 1.06 bits per heavy atom. The number of hydrogen-bond acceptors (Lipinski definition) is 6. The molecule has 3 aromatic carbocycles. The van der Waals surface area contributed by atoms with Gasteiger partial charge in [-0.1, -0.05) is 56.3 Å². The second kappa shape index (κ2) is 10.4. The van der Waals surface area contributed by atoms with Crippen molar-refractivity contribution in [1.29, 1.82) is 0 Å². The van der Waals surface area contributed by atoms with E-state index in [-0.39, 0.29) is 23.5 Å². The van der Waals surface area contributed by atoms with Crippen molar-refractivity contribution in [3.8, 4) is 11.5 Å². The SMILES string of the molecule is COc1ccc(/C=N/NC(=O)COc2ccc(C(C)(C)c3ccccc3)cc2)cc1[N+](=O)[O-]. The van der Waals surface area contributed by atoms with Crippen LogP contribution in [0.15, 0.2) is 77.9 Å². The van der Waals surface area contributed by atoms with Gasteiger partial charge < -0.3 is 9.47 Å². The fourth-order valence-electron chi connectivity index (χ4n) is 3.28. The summed E-state index contributed by atoms with van der Waals surface area (Å²) in [4.78, 5) is 22.5. The predicted molar refractivity (Wildman–Crippen MR) is 126 cm³/mol. The van der Waals surface area contributed by atoms with Crippen molar-refractivity contribution < 1.29 is 19.2 Å². The molecule has 3 aromatic rings. The lowest BCUT2D eigenvalue weighted by Gasteiger charge is -2.26. The molecule has 8 nitrogen and oxygen atoms in total. The fraction of sp³-hybridized carbons (Fsp3) is 0.200. The molecule has 0 atom stereocenters. The summed E-state index contributed by atoms with van der Waals surface area (Å²) in [6.07, 6.45) is 1.31. The number of ether oxygens (including phenoxy) is 2. The number of carbonyl (C=O) groups excluding carboxylic acids is 1. The molecule has 0 aromatic heterocycles. The average molecular weight is 447 g/mol. The molecule has 0 spiro atoms. The zero-order chi connectivity index (χ0) is 23.8. The van der Waals surface area contributed by atoms with Crippen molar-refractivity contribution in [1.82, 2.24) is 5.43 Å². The van der Waals surface area contributed by atoms with E-state index in [0.717, 1.165) is 5.56 Å². The van der Waals surface area contributed by atoms with E-state index in [1.807, 2.05) is 42.5 Å². The highest BCUT2D eigenvalue weighted by Crippen LogP contribution is 2.32. The molecular formula is C25H25N3O5. The minimum atomic E-state index is -0.547. The van der Waals surface area contributed by atoms with E-state index in [1.54, 1.807) is 6.07 Å². The molecule has 0 saturated heterocycles. The summed E-state index contributed by atoms with van der Waals surface area (Å²) < 4.78 is 10.5. The number of nitro groups is 1. The maximum atomic E-state index is 12.0. The van der Waals surface area contributed by atoms with Crippen LogP contribution in [0.25, 0.3) is 0 Å². The van der Waals surface area contributed by atoms with Gasteiger partial charge in [-0.3, -0.25) is 14.9 Å². The number of rotatable bonds is 9. The Kier molecular flexibility index (Phi) is 7.40. The van der Waals surface area contributed by atoms with Crippen LogP contribution in [0.5, 0.6) is 11.5 Å². The zero-order valence-corrected chi connectivity index (χ0v) is 18.6. The standard InChI is InChI=1S/C25H25N3O5/c1-25(2,19-7-5-4-6-8-19)20-10-12-21(13-11-20)33-17-24(29)27-26-16-18-9-14-23(32-3)22(15-18)28(30)31/h4-16H,17H2,1-3H3,(H,27,29)/b26-16+. The normalized spacial score (nSPS) is 11.2. The van der Waals surface area contributed by atoms with E-state index in [2.05, 4.69) is 36.5 Å². The van der Waals surface area contributed by atoms with Gasteiger partial charge in [-0.2, -0.15) is 5.10 Å². The Hall–Kier alpha value is -4.20. The van der Waals surface area contributed by atoms with Gasteiger partial charge >= 0.3 is 5.69 Å². The van der Waals surface area contributed by atoms with Crippen LogP contribution < -0.4 is 14.9 Å². The lowest BCUT2D eigenvalue weighted by Crippen LogP contribution is -2.24. The molecule has 0 aliphatic carbocycles. The van der Waals surface area contributed by atoms with E-state index >= 15 is 0 Å². The zero-order valence-electron chi connectivity index (χ0n) is 18.6. The van der Waals surface area contributed by atoms with Gasteiger partial charge in [0.05, 0.1) is 18.2 Å². The molecule has 1 amide bonds. The van der Waals surface area contributed by atoms with Gasteiger partial charge in [-0.25, -0.2) is 5.43 Å². The largest absolute Gasteiger partial charge is 0.490 e. The quantitative estimate of drug-likeness (QED) is 0.296. The maximum absolute atomic E-state index is 12.0. The van der Waals surface area contributed by atoms with Crippen LogP contribution in [0.1, 0.15) is 30.5 Å². The molecule has 0 radical (unpaired) electrons. The van der Waals surface area contributed by atoms with Crippen molar-refractivity contribution in [3.05, 3.63) is 99.6 Å². The van der Waals surface area contributed by atoms with Crippen LogP contribution in [0.4, 0.5) is 5.69 Å². The molecule has 3 rings (SSSR count). The lowest BCUT2D eigenvalue weighted by molar-refractivity contribution is -0.385. The molecule has 8 heteroatoms. The van der Waals surface area contributed by atoms with E-state index in [1.165, 1.54) is 31.0 Å². The lowest BCUT2D eigenvalue weighted by atomic mass is 9.78. The minimum Gasteiger partial charge on any atom is -0.490 e. The van der Waals surface area contributed by atoms with Crippen LogP contribution in [-0.4, -0.2) is 30.8 Å². The van der Waals surface area contributed by atoms with E-state index in [9.17, 15) is 14.9 Å². The van der Waals surface area contributed by atoms with Crippen molar-refractivity contribution in [3.63, 3.8) is 0 Å². The third-order valence-electron chi connectivity index (χ3n) is 5.24. The van der Waals surface area contributed by atoms with E-state index in [4.69, 9.17) is 9.47 Å². The van der Waals surface area contributed by atoms with Crippen LogP contribution in [0, 0.1) is 10.1 Å². The summed E-state index contributed by atoms with van der Waals surface area (Å²) in [5.74, 6) is 0.253. The molecule has 0 aliphatic rings. The molecular weight excluding hydrogens is 422 g/mol. The highest BCUT2D eigenvalue weighted by molar-refractivity contribution is 5.84. The van der Waals surface area contributed by atoms with Crippen molar-refractivity contribution in [2.75, 3.05) is 13.7 Å². The smallest absolute Gasteiger partial charge is 0.311 e. The maximum Gasteiger partial charge on any atom is 0.311 e. The van der Waals surface area contributed by atoms with Crippen LogP contribution in [-0.2, 0) is 10.2 Å². The van der Waals surface area contributed by atoms with Gasteiger partial charge in [0, 0.05) is 17.0 Å². The van der Waals surface area contributed by atoms with Crippen LogP contribution >= 0.6 is 0 Å². The second-order valence-electron chi connectivity index (χ2n) is 7.79. The summed E-state index contributed by atoms with van der Waals surface area (Å²) in [5.41, 5.74) is 4.77. The van der Waals surface area contributed by atoms with E-state index in [0.29, 0.717) is 11.3 Å². The molecule has 0 unspecified atom stereocenters. The number of hydrazone groups is 1. The van der Waals surface area contributed by atoms with Crippen LogP contribution in [0.3, 0.4) is 0 Å². The first kappa shape index (κ1) is 23.5. The third kappa shape index (κ3) is 5.94. The second-order valence-corrected chi connectivity index (χ2v) is 7.79. The van der Waals surface area contributed by atoms with Gasteiger partial charge in [-0.15, -0.1) is 0 Å². The fourth-order valence-corrected chi connectivity index (χ4v) is 3.28. The van der Waals surface area contributed by atoms with Gasteiger partial charge in [0.25, 0.3) is 5.91 Å². The van der Waals surface area contributed by atoms with Crippen molar-refractivity contribution in [2.45, 2.75) is 19.3 Å². The van der Waals surface area contributed by atoms with Gasteiger partial charge in [0.15, 0.2) is 12.4 Å². The molecule has 33 heavy (non-hydrogen) atoms. The average Bonchev–Trinajstić information content (AvgIpc) is 2.83. The summed E-state index contributed by atoms with van der Waals surface area (Å²) in [6, 6.07) is 22.2. The number of nitrogens with zero attached hydrogens (tertiary/aromatic N) is 2. The first-order valence-corrected chi connectivity index (χ1v) is 10.2. The summed E-state index contributed by atoms with van der Waals surface area (Å²) >= 11 is 0. The predicted octanol–water partition coefficient (Wildman–Crippen LogP) is 4.46. The van der Waals surface area contributed by atoms with Crippen LogP contribution in [0.2, 0.25) is 0 Å². The Morgan fingerprint density at radius 3 is 2.36 bits per heavy atom. The summed E-state index contributed by atoms with van der Waals surface area (Å²) in [6.45, 7) is 4.09. The number of amides is 1. The van der Waals surface area contributed by atoms with Crippen molar-refractivity contribution >= 4 is 17.8 Å². The van der Waals surface area contributed by atoms with Gasteiger partial charge in [0.2, 0.25) is 0 Å². The number of hydrogen-bond donors (Lipinski definition) is 1. The number of carbonyl (C=O) groups is 1. The number of nitro benzene ring substituents is 1. The van der Waals surface area contributed by atoms with Crippen molar-refractivity contribution in [2.24, 2.45) is 5.10 Å². The van der Waals surface area contributed by atoms with E-state index < -0.39 is 10.8 Å². The Bertz CT molecular complexity index is 1140. The monoisotopic (exact) mass is 447 g/mol. The topological polar surface area (TPSA) is 103 Å². The highest BCUT2D eigenvalue weighted by Gasteiger charge is 2.22.